The summed E-state index contributed by atoms with van der Waals surface area (Å²) in [5.41, 5.74) is 1.81. The van der Waals surface area contributed by atoms with Gasteiger partial charge < -0.3 is 20.6 Å². The van der Waals surface area contributed by atoms with E-state index >= 15 is 0 Å². The van der Waals surface area contributed by atoms with Crippen molar-refractivity contribution in [3.05, 3.63) is 35.4 Å². The van der Waals surface area contributed by atoms with Gasteiger partial charge >= 0.3 is 6.03 Å². The number of benzene rings is 1. The lowest BCUT2D eigenvalue weighted by Crippen LogP contribution is -2.38. The van der Waals surface area contributed by atoms with Gasteiger partial charge in [-0.25, -0.2) is 4.79 Å². The van der Waals surface area contributed by atoms with Crippen molar-refractivity contribution in [2.45, 2.75) is 33.4 Å². The van der Waals surface area contributed by atoms with E-state index in [0.29, 0.717) is 18.4 Å². The molecule has 0 radical (unpaired) electrons. The van der Waals surface area contributed by atoms with Crippen LogP contribution in [0.4, 0.5) is 4.79 Å². The fourth-order valence-electron chi connectivity index (χ4n) is 3.12. The van der Waals surface area contributed by atoms with Crippen LogP contribution in [0.25, 0.3) is 0 Å². The third-order valence-corrected chi connectivity index (χ3v) is 4.27. The molecule has 0 aliphatic carbocycles. The van der Waals surface area contributed by atoms with Crippen molar-refractivity contribution in [3.63, 3.8) is 0 Å². The summed E-state index contributed by atoms with van der Waals surface area (Å²) in [5, 5.41) is 15.1. The van der Waals surface area contributed by atoms with Gasteiger partial charge in [-0.05, 0) is 35.9 Å². The minimum Gasteiger partial charge on any atom is -0.392 e. The lowest BCUT2D eigenvalue weighted by molar-refractivity contribution is 0.237. The second-order valence-electron chi connectivity index (χ2n) is 6.80. The average molecular weight is 319 g/mol. The minimum absolute atomic E-state index is 0.00671. The molecule has 5 heteroatoms. The number of rotatable bonds is 7. The molecule has 1 atom stereocenters. The van der Waals surface area contributed by atoms with Gasteiger partial charge in [0.2, 0.25) is 0 Å². The first-order valence-electron chi connectivity index (χ1n) is 8.50. The molecule has 1 heterocycles. The molecule has 2 rings (SSSR count). The Morgan fingerprint density at radius 3 is 2.74 bits per heavy atom. The number of aliphatic hydroxyl groups is 1. The molecule has 1 aliphatic rings. The van der Waals surface area contributed by atoms with E-state index in [4.69, 9.17) is 0 Å². The number of hydrogen-bond donors (Lipinski definition) is 3. The highest BCUT2D eigenvalue weighted by Gasteiger charge is 2.22. The van der Waals surface area contributed by atoms with Crippen molar-refractivity contribution in [2.24, 2.45) is 11.8 Å². The SMILES string of the molecule is CC(C)CN1CCC(CNC(=O)NCc2ccccc2CO)C1. The Kier molecular flexibility index (Phi) is 6.86. The zero-order valence-corrected chi connectivity index (χ0v) is 14.2. The summed E-state index contributed by atoms with van der Waals surface area (Å²) in [5.74, 6) is 1.24. The largest absolute Gasteiger partial charge is 0.392 e. The first kappa shape index (κ1) is 17.8. The Balaban J connectivity index is 1.68. The lowest BCUT2D eigenvalue weighted by atomic mass is 10.1. The summed E-state index contributed by atoms with van der Waals surface area (Å²) < 4.78 is 0. The molecule has 128 valence electrons. The molecule has 0 saturated carbocycles. The van der Waals surface area contributed by atoms with Crippen molar-refractivity contribution in [3.8, 4) is 0 Å². The molecule has 0 aromatic heterocycles. The molecule has 2 amide bonds. The van der Waals surface area contributed by atoms with Crippen molar-refractivity contribution in [2.75, 3.05) is 26.2 Å². The quantitative estimate of drug-likeness (QED) is 0.720. The number of hydrogen-bond acceptors (Lipinski definition) is 3. The number of nitrogens with one attached hydrogen (secondary N) is 2. The maximum absolute atomic E-state index is 11.9. The number of amides is 2. The molecule has 1 aliphatic heterocycles. The third kappa shape index (κ3) is 5.84. The van der Waals surface area contributed by atoms with Crippen molar-refractivity contribution >= 4 is 6.03 Å². The summed E-state index contributed by atoms with van der Waals surface area (Å²) in [4.78, 5) is 14.4. The van der Waals surface area contributed by atoms with Crippen LogP contribution in [0.15, 0.2) is 24.3 Å². The van der Waals surface area contributed by atoms with Crippen LogP contribution in [0.3, 0.4) is 0 Å². The Morgan fingerprint density at radius 1 is 1.30 bits per heavy atom. The van der Waals surface area contributed by atoms with E-state index in [-0.39, 0.29) is 12.6 Å². The maximum Gasteiger partial charge on any atom is 0.315 e. The molecule has 5 nitrogen and oxygen atoms in total. The molecule has 23 heavy (non-hydrogen) atoms. The number of carbonyl (C=O) groups is 1. The van der Waals surface area contributed by atoms with Gasteiger partial charge in [-0.2, -0.15) is 0 Å². The van der Waals surface area contributed by atoms with Crippen LogP contribution in [-0.2, 0) is 13.2 Å². The Morgan fingerprint density at radius 2 is 2.04 bits per heavy atom. The normalized spacial score (nSPS) is 18.3. The van der Waals surface area contributed by atoms with E-state index in [1.807, 2.05) is 24.3 Å². The molecule has 0 spiro atoms. The van der Waals surface area contributed by atoms with Gasteiger partial charge in [-0.1, -0.05) is 38.1 Å². The monoisotopic (exact) mass is 319 g/mol. The number of nitrogens with zero attached hydrogens (tertiary/aromatic N) is 1. The predicted octanol–water partition coefficient (Wildman–Crippen LogP) is 1.96. The smallest absolute Gasteiger partial charge is 0.315 e. The zero-order valence-electron chi connectivity index (χ0n) is 14.2. The molecule has 1 unspecified atom stereocenters. The van der Waals surface area contributed by atoms with Crippen molar-refractivity contribution < 1.29 is 9.90 Å². The van der Waals surface area contributed by atoms with Crippen LogP contribution < -0.4 is 10.6 Å². The molecule has 1 aromatic rings. The topological polar surface area (TPSA) is 64.6 Å². The van der Waals surface area contributed by atoms with E-state index in [1.54, 1.807) is 0 Å². The van der Waals surface area contributed by atoms with E-state index in [0.717, 1.165) is 43.7 Å². The standard InChI is InChI=1S/C18H29N3O2/c1-14(2)11-21-8-7-15(12-21)9-19-18(23)20-10-16-5-3-4-6-17(16)13-22/h3-6,14-15,22H,7-13H2,1-2H3,(H2,19,20,23). The second-order valence-corrected chi connectivity index (χ2v) is 6.80. The van der Waals surface area contributed by atoms with E-state index in [1.165, 1.54) is 0 Å². The average Bonchev–Trinajstić information content (AvgIpc) is 2.97. The third-order valence-electron chi connectivity index (χ3n) is 4.27. The highest BCUT2D eigenvalue weighted by molar-refractivity contribution is 5.73. The number of aliphatic hydroxyl groups excluding tert-OH is 1. The summed E-state index contributed by atoms with van der Waals surface area (Å²) in [6.07, 6.45) is 1.15. The van der Waals surface area contributed by atoms with Crippen LogP contribution in [0.5, 0.6) is 0 Å². The Hall–Kier alpha value is -1.59. The zero-order chi connectivity index (χ0) is 16.7. The summed E-state index contributed by atoms with van der Waals surface area (Å²) in [6, 6.07) is 7.46. The van der Waals surface area contributed by atoms with Crippen LogP contribution in [0, 0.1) is 11.8 Å². The predicted molar refractivity (Wildman–Crippen MR) is 92.0 cm³/mol. The van der Waals surface area contributed by atoms with Gasteiger partial charge in [0, 0.05) is 26.2 Å². The first-order valence-corrected chi connectivity index (χ1v) is 8.50. The molecular formula is C18H29N3O2. The summed E-state index contributed by atoms with van der Waals surface area (Å²) >= 11 is 0. The van der Waals surface area contributed by atoms with Crippen LogP contribution in [0.1, 0.15) is 31.4 Å². The van der Waals surface area contributed by atoms with Gasteiger partial charge in [-0.15, -0.1) is 0 Å². The van der Waals surface area contributed by atoms with Crippen molar-refractivity contribution in [1.82, 2.24) is 15.5 Å². The van der Waals surface area contributed by atoms with Gasteiger partial charge in [0.05, 0.1) is 6.61 Å². The fourth-order valence-corrected chi connectivity index (χ4v) is 3.12. The fraction of sp³-hybridized carbons (Fsp3) is 0.611. The van der Waals surface area contributed by atoms with E-state index in [9.17, 15) is 9.90 Å². The molecule has 0 bridgehead atoms. The number of urea groups is 1. The minimum atomic E-state index is -0.139. The maximum atomic E-state index is 11.9. The highest BCUT2D eigenvalue weighted by Crippen LogP contribution is 2.16. The highest BCUT2D eigenvalue weighted by atomic mass is 16.3. The Labute approximate surface area is 139 Å². The molecular weight excluding hydrogens is 290 g/mol. The number of likely N-dealkylation sites (tertiary alicyclic amines) is 1. The second kappa shape index (κ2) is 8.89. The van der Waals surface area contributed by atoms with Crippen LogP contribution >= 0.6 is 0 Å². The molecule has 1 fully saturated rings. The van der Waals surface area contributed by atoms with E-state index in [2.05, 4.69) is 29.4 Å². The molecule has 1 aromatic carbocycles. The van der Waals surface area contributed by atoms with Gasteiger partial charge in [-0.3, -0.25) is 0 Å². The van der Waals surface area contributed by atoms with Gasteiger partial charge in [0.1, 0.15) is 0 Å². The summed E-state index contributed by atoms with van der Waals surface area (Å²) in [7, 11) is 0. The molecule has 1 saturated heterocycles. The van der Waals surface area contributed by atoms with Crippen molar-refractivity contribution in [1.29, 1.82) is 0 Å². The van der Waals surface area contributed by atoms with Gasteiger partial charge in [0.15, 0.2) is 0 Å². The van der Waals surface area contributed by atoms with Crippen LogP contribution in [0.2, 0.25) is 0 Å². The Bertz CT molecular complexity index is 505. The first-order chi connectivity index (χ1) is 11.1. The number of carbonyl (C=O) groups excluding carboxylic acids is 1. The lowest BCUT2D eigenvalue weighted by Gasteiger charge is -2.18. The summed E-state index contributed by atoms with van der Waals surface area (Å²) in [6.45, 7) is 8.98. The van der Waals surface area contributed by atoms with Crippen LogP contribution in [-0.4, -0.2) is 42.2 Å². The van der Waals surface area contributed by atoms with E-state index < -0.39 is 0 Å². The molecule has 3 N–H and O–H groups in total. The van der Waals surface area contributed by atoms with Gasteiger partial charge in [0.25, 0.3) is 0 Å².